The zero-order chi connectivity index (χ0) is 30.3. The summed E-state index contributed by atoms with van der Waals surface area (Å²) < 4.78 is 20.2. The van der Waals surface area contributed by atoms with Crippen molar-refractivity contribution in [1.29, 1.82) is 0 Å². The van der Waals surface area contributed by atoms with Crippen LogP contribution in [0.15, 0.2) is 0 Å². The lowest BCUT2D eigenvalue weighted by molar-refractivity contribution is -0.269. The third-order valence-corrected chi connectivity index (χ3v) is 6.71. The first-order chi connectivity index (χ1) is 18.0. The molecular weight excluding hydrogens is 508 g/mol. The van der Waals surface area contributed by atoms with Gasteiger partial charge in [0.15, 0.2) is 7.52 Å². The third-order valence-electron chi connectivity index (χ3n) is 6.71. The summed E-state index contributed by atoms with van der Waals surface area (Å²) in [5.74, 6) is -5.86. The maximum absolute atomic E-state index is 13.9. The van der Waals surface area contributed by atoms with E-state index in [0.717, 1.165) is 13.8 Å². The van der Waals surface area contributed by atoms with Gasteiger partial charge in [-0.2, -0.15) is 0 Å². The quantitative estimate of drug-likeness (QED) is 0.106. The largest absolute Gasteiger partial charge is 0.481 e. The number of amides is 3. The van der Waals surface area contributed by atoms with Crippen molar-refractivity contribution in [3.63, 3.8) is 0 Å². The molecule has 0 aromatic carbocycles. The van der Waals surface area contributed by atoms with Gasteiger partial charge in [-0.25, -0.2) is 4.79 Å². The molecule has 10 N–H and O–H groups in total. The average Bonchev–Trinajstić information content (AvgIpc) is 2.86. The average molecular weight is 550 g/mol. The Labute approximate surface area is 221 Å². The Morgan fingerprint density at radius 2 is 1.87 bits per heavy atom. The summed E-state index contributed by atoms with van der Waals surface area (Å²) >= 11 is 0. The summed E-state index contributed by atoms with van der Waals surface area (Å²) in [6, 6.07) is -3.08. The smallest absolute Gasteiger partial charge is 0.332 e. The van der Waals surface area contributed by atoms with Crippen LogP contribution in [0.1, 0.15) is 59.8 Å². The van der Waals surface area contributed by atoms with Crippen molar-refractivity contribution in [2.45, 2.75) is 107 Å². The fourth-order valence-corrected chi connectivity index (χ4v) is 4.56. The van der Waals surface area contributed by atoms with Crippen LogP contribution in [-0.2, 0) is 33.4 Å². The number of carbonyl (C=O) groups excluding carboxylic acids is 3. The van der Waals surface area contributed by atoms with Gasteiger partial charge in [0.05, 0.1) is 12.6 Å². The summed E-state index contributed by atoms with van der Waals surface area (Å²) in [6.07, 6.45) is -6.50. The number of nitrogens with one attached hydrogen (secondary N) is 2. The van der Waals surface area contributed by atoms with Crippen molar-refractivity contribution < 1.29 is 55.3 Å². The molecule has 1 saturated heterocycles. The molecule has 15 nitrogen and oxygen atoms in total. The van der Waals surface area contributed by atoms with E-state index in [1.165, 1.54) is 6.92 Å². The second-order valence-corrected chi connectivity index (χ2v) is 9.49. The van der Waals surface area contributed by atoms with Crippen LogP contribution in [0, 0.1) is 0 Å². The monoisotopic (exact) mass is 549 g/mol. The Morgan fingerprint density at radius 1 is 1.26 bits per heavy atom. The predicted molar refractivity (Wildman–Crippen MR) is 130 cm³/mol. The highest BCUT2D eigenvalue weighted by molar-refractivity contribution is 5.95. The van der Waals surface area contributed by atoms with Gasteiger partial charge in [-0.05, 0) is 26.7 Å². The number of aliphatic hydroxyl groups is 2. The molecule has 1 fully saturated rings. The zero-order valence-electron chi connectivity index (χ0n) is 23.0. The lowest BCUT2D eigenvalue weighted by Crippen LogP contribution is -2.82. The first-order valence-electron chi connectivity index (χ1n) is 12.7. The first kappa shape index (κ1) is 31.4. The Kier molecular flexibility index (Phi) is 11.4. The van der Waals surface area contributed by atoms with Gasteiger partial charge in [-0.15, -0.1) is 0 Å². The van der Waals surface area contributed by atoms with Crippen molar-refractivity contribution in [1.82, 2.24) is 10.6 Å². The number of unbranched alkanes of at least 4 members (excludes halogenated alkanes) is 1. The van der Waals surface area contributed by atoms with E-state index in [4.69, 9.17) is 27.5 Å². The van der Waals surface area contributed by atoms with Crippen LogP contribution >= 0.6 is 0 Å². The van der Waals surface area contributed by atoms with Gasteiger partial charge in [0.25, 0.3) is 0 Å². The molecule has 0 radical (unpaired) electrons. The van der Waals surface area contributed by atoms with Crippen LogP contribution in [0.5, 0.6) is 0 Å². The highest BCUT2D eigenvalue weighted by Gasteiger charge is 2.65. The number of carboxylic acid groups (broad SMARTS) is 2. The predicted octanol–water partition coefficient (Wildman–Crippen LogP) is -2.42. The van der Waals surface area contributed by atoms with Crippen molar-refractivity contribution in [3.05, 3.63) is 0 Å². The molecule has 0 aliphatic carbocycles. The lowest BCUT2D eigenvalue weighted by Gasteiger charge is -2.57. The Morgan fingerprint density at radius 3 is 2.32 bits per heavy atom. The summed E-state index contributed by atoms with van der Waals surface area (Å²) in [5, 5.41) is 41.8. The third kappa shape index (κ3) is 7.38. The molecule has 0 aromatic heterocycles. The number of nitrogens with two attached hydrogens (primary N) is 2. The molecule has 218 valence electrons. The van der Waals surface area contributed by atoms with Crippen LogP contribution < -0.4 is 22.1 Å². The van der Waals surface area contributed by atoms with E-state index >= 15 is 0 Å². The molecule has 1 rings (SSSR count). The highest BCUT2D eigenvalue weighted by Crippen LogP contribution is 2.42. The first-order valence-corrected chi connectivity index (χ1v) is 12.2. The number of rotatable bonds is 15. The molecule has 0 saturated carbocycles. The van der Waals surface area contributed by atoms with Gasteiger partial charge in [0, 0.05) is 13.3 Å². The SMILES string of the molecule is [2H]N(C(C)=O)[C@@](C)(C(=O)N[C@@H](CCC(=O)O)C(N)=O)C1(CCCC)O[C@H](CO)[C@@H](O)[C@H](O[C@H](C)C(=O)O)[C@H]1N. The maximum atomic E-state index is 13.9. The normalized spacial score (nSPS) is 28.8. The Bertz CT molecular complexity index is 925. The van der Waals surface area contributed by atoms with Gasteiger partial charge in [-0.3, -0.25) is 19.2 Å². The fourth-order valence-electron chi connectivity index (χ4n) is 4.56. The van der Waals surface area contributed by atoms with E-state index in [1.807, 2.05) is 0 Å². The summed E-state index contributed by atoms with van der Waals surface area (Å²) in [6.45, 7) is 4.25. The number of primary amides is 1. The molecule has 38 heavy (non-hydrogen) atoms. The standard InChI is InChI=1S/C23H40N4O11/c1-5-6-9-23(18(24)17(37-11(2)20(34)35)16(32)14(10-28)38-23)22(4,27-12(3)29)21(36)26-13(19(25)33)7-8-15(30)31/h11,13-14,16-18,28,32H,5-10,24H2,1-4H3,(H2,25,33)(H,26,36)(H,27,29)(H,30,31)(H,34,35)/t11-,13+,14-,16-,17+,18-,22+,23?/m1/s1/i/hD. The minimum absolute atomic E-state index is 0.141. The van der Waals surface area contributed by atoms with Crippen LogP contribution in [-0.4, -0.2) is 104 Å². The van der Waals surface area contributed by atoms with Gasteiger partial charge in [0.2, 0.25) is 17.7 Å². The van der Waals surface area contributed by atoms with Crippen molar-refractivity contribution >= 4 is 29.7 Å². The van der Waals surface area contributed by atoms with Crippen LogP contribution in [0.3, 0.4) is 0 Å². The molecular formula is C23H40N4O11. The Balaban J connectivity index is 3.84. The van der Waals surface area contributed by atoms with Gasteiger partial charge >= 0.3 is 11.9 Å². The Hall–Kier alpha value is -2.85. The van der Waals surface area contributed by atoms with E-state index in [0.29, 0.717) is 6.42 Å². The minimum Gasteiger partial charge on any atom is -0.481 e. The van der Waals surface area contributed by atoms with Crippen LogP contribution in [0.2, 0.25) is 1.41 Å². The van der Waals surface area contributed by atoms with Crippen molar-refractivity contribution in [3.8, 4) is 0 Å². The molecule has 1 unspecified atom stereocenters. The minimum atomic E-state index is -2.40. The van der Waals surface area contributed by atoms with E-state index < -0.39 is 96.7 Å². The molecule has 3 amide bonds. The summed E-state index contributed by atoms with van der Waals surface area (Å²) in [5.41, 5.74) is 7.43. The topological polar surface area (TPSA) is 261 Å². The fraction of sp³-hybridized carbons (Fsp3) is 0.783. The van der Waals surface area contributed by atoms with Crippen molar-refractivity contribution in [2.75, 3.05) is 6.61 Å². The van der Waals surface area contributed by atoms with E-state index in [2.05, 4.69) is 5.32 Å². The van der Waals surface area contributed by atoms with Gasteiger partial charge in [0.1, 0.15) is 35.5 Å². The highest BCUT2D eigenvalue weighted by atomic mass is 16.6. The van der Waals surface area contributed by atoms with Gasteiger partial charge < -0.3 is 52.0 Å². The van der Waals surface area contributed by atoms with E-state index in [9.17, 15) is 39.3 Å². The number of carbonyl (C=O) groups is 5. The summed E-state index contributed by atoms with van der Waals surface area (Å²) in [4.78, 5) is 61.1. The van der Waals surface area contributed by atoms with Crippen LogP contribution in [0.25, 0.3) is 0 Å². The second-order valence-electron chi connectivity index (χ2n) is 9.49. The number of aliphatic carboxylic acids is 2. The zero-order valence-corrected chi connectivity index (χ0v) is 22.0. The number of hydrogen-bond donors (Lipinski definition) is 8. The number of hydrogen-bond acceptors (Lipinski definition) is 10. The molecule has 0 aromatic rings. The number of aliphatic hydroxyl groups excluding tert-OH is 2. The molecule has 1 heterocycles. The molecule has 1 aliphatic rings. The van der Waals surface area contributed by atoms with E-state index in [-0.39, 0.29) is 18.2 Å². The maximum Gasteiger partial charge on any atom is 0.332 e. The molecule has 15 heteroatoms. The number of ether oxygens (including phenoxy) is 2. The summed E-state index contributed by atoms with van der Waals surface area (Å²) in [7, 11) is 0. The van der Waals surface area contributed by atoms with Crippen molar-refractivity contribution in [2.24, 2.45) is 11.5 Å². The lowest BCUT2D eigenvalue weighted by atomic mass is 9.67. The van der Waals surface area contributed by atoms with Gasteiger partial charge in [-0.1, -0.05) is 19.8 Å². The molecule has 8 atom stereocenters. The van der Waals surface area contributed by atoms with Crippen LogP contribution in [0.4, 0.5) is 0 Å². The molecule has 1 aliphatic heterocycles. The molecule has 0 spiro atoms. The van der Waals surface area contributed by atoms with E-state index in [1.54, 1.807) is 6.92 Å². The second kappa shape index (κ2) is 13.8. The molecule has 0 bridgehead atoms. The number of carboxylic acids is 2.